The van der Waals surface area contributed by atoms with Crippen LogP contribution in [0, 0.1) is 0 Å². The van der Waals surface area contributed by atoms with Crippen molar-refractivity contribution in [3.63, 3.8) is 0 Å². The first-order valence-corrected chi connectivity index (χ1v) is 4.06. The number of ketones is 1. The molecule has 0 aromatic rings. The molecule has 0 heterocycles. The minimum absolute atomic E-state index is 0. The number of hydrogen-bond donors (Lipinski definition) is 2. The second-order valence-corrected chi connectivity index (χ2v) is 3.45. The molecule has 0 aliphatic rings. The molecule has 3 N–H and O–H groups in total. The predicted molar refractivity (Wildman–Crippen MR) is 43.6 cm³/mol. The van der Waals surface area contributed by atoms with Crippen LogP contribution in [0.3, 0.4) is 0 Å². The Balaban J connectivity index is 0. The molecule has 0 bridgehead atoms. The van der Waals surface area contributed by atoms with Crippen molar-refractivity contribution in [3.8, 4) is 0 Å². The molecule has 7 heteroatoms. The monoisotopic (exact) mass is 209 g/mol. The third-order valence-electron chi connectivity index (χ3n) is 1.03. The van der Waals surface area contributed by atoms with Gasteiger partial charge in [0.2, 0.25) is 0 Å². The van der Waals surface area contributed by atoms with Crippen molar-refractivity contribution < 1.29 is 17.8 Å². The molecule has 0 amide bonds. The molecule has 0 rings (SSSR count). The number of rotatable bonds is 3. The first kappa shape index (κ1) is 14.3. The summed E-state index contributed by atoms with van der Waals surface area (Å²) in [4.78, 5) is 10.4. The Morgan fingerprint density at radius 3 is 2.00 bits per heavy atom. The van der Waals surface area contributed by atoms with E-state index in [1.54, 1.807) is 0 Å². The molecule has 0 radical (unpaired) electrons. The molecule has 0 spiro atoms. The van der Waals surface area contributed by atoms with Crippen molar-refractivity contribution in [3.05, 3.63) is 0 Å². The summed E-state index contributed by atoms with van der Waals surface area (Å²) in [6.07, 6.45) is 0. The molecule has 0 aromatic heterocycles. The molecule has 64 valence electrons. The molecule has 1 unspecified atom stereocenters. The van der Waals surface area contributed by atoms with Crippen LogP contribution in [0.25, 0.3) is 0 Å². The fourth-order valence-electron chi connectivity index (χ4n) is 0.497. The van der Waals surface area contributed by atoms with Gasteiger partial charge in [0.05, 0.1) is 0 Å². The number of nitrogens with two attached hydrogens (primary N) is 1. The Bertz CT molecular complexity index is 224. The normalized spacial score (nSPS) is 13.4. The predicted octanol–water partition coefficient (Wildman–Crippen LogP) is -2.13. The topological polar surface area (TPSA) is 97.5 Å². The molecular formula is C4H11CaNO4S. The Morgan fingerprint density at radius 1 is 1.64 bits per heavy atom. The standard InChI is InChI=1S/C4H9NO4S.Ca.2H/c1-3(6)4(2-5)10(7,8)9;;;/h4H,2,5H2,1H3,(H,7,8,9);;;. The Hall–Kier alpha value is 0.800. The van der Waals surface area contributed by atoms with Crippen LogP contribution < -0.4 is 5.73 Å². The molecule has 0 aliphatic heterocycles. The number of Topliss-reactive ketones (excluding diaryl/α,β-unsaturated/α-hetero) is 1. The Labute approximate surface area is 95.1 Å². The van der Waals surface area contributed by atoms with Gasteiger partial charge in [0.1, 0.15) is 0 Å². The second kappa shape index (κ2) is 5.45. The van der Waals surface area contributed by atoms with Crippen molar-refractivity contribution in [2.24, 2.45) is 5.73 Å². The maximum absolute atomic E-state index is 10.4. The SMILES string of the molecule is CC(=O)C(CN)S(=O)(=O)O.[CaH2]. The van der Waals surface area contributed by atoms with E-state index in [2.05, 4.69) is 0 Å². The van der Waals surface area contributed by atoms with Gasteiger partial charge in [-0.1, -0.05) is 0 Å². The summed E-state index contributed by atoms with van der Waals surface area (Å²) in [5.74, 6) is -0.648. The van der Waals surface area contributed by atoms with E-state index in [-0.39, 0.29) is 44.3 Å². The quantitative estimate of drug-likeness (QED) is 0.409. The fourth-order valence-corrected chi connectivity index (χ4v) is 1.16. The van der Waals surface area contributed by atoms with Crippen LogP contribution in [-0.2, 0) is 14.9 Å². The van der Waals surface area contributed by atoms with Gasteiger partial charge in [0.25, 0.3) is 10.1 Å². The third-order valence-corrected chi connectivity index (χ3v) is 2.27. The summed E-state index contributed by atoms with van der Waals surface area (Å²) in [5.41, 5.74) is 4.90. The zero-order chi connectivity index (χ0) is 8.36. The summed E-state index contributed by atoms with van der Waals surface area (Å²) in [6.45, 7) is 0.680. The molecule has 11 heavy (non-hydrogen) atoms. The van der Waals surface area contributed by atoms with Crippen molar-refractivity contribution in [2.75, 3.05) is 6.54 Å². The van der Waals surface area contributed by atoms with E-state index < -0.39 is 21.2 Å². The molecule has 0 saturated carbocycles. The Morgan fingerprint density at radius 2 is 2.00 bits per heavy atom. The van der Waals surface area contributed by atoms with Gasteiger partial charge in [-0.2, -0.15) is 8.42 Å². The van der Waals surface area contributed by atoms with E-state index in [0.29, 0.717) is 0 Å². The molecule has 1 atom stereocenters. The van der Waals surface area contributed by atoms with Crippen LogP contribution in [0.5, 0.6) is 0 Å². The molecule has 5 nitrogen and oxygen atoms in total. The third kappa shape index (κ3) is 5.10. The number of carbonyl (C=O) groups is 1. The molecule has 0 aliphatic carbocycles. The summed E-state index contributed by atoms with van der Waals surface area (Å²) < 4.78 is 28.8. The first-order valence-electron chi connectivity index (χ1n) is 2.56. The average molecular weight is 209 g/mol. The van der Waals surface area contributed by atoms with Crippen LogP contribution in [0.2, 0.25) is 0 Å². The Kier molecular flexibility index (Phi) is 7.10. The van der Waals surface area contributed by atoms with Crippen LogP contribution in [0.1, 0.15) is 6.92 Å². The number of carbonyl (C=O) groups excluding carboxylic acids is 1. The summed E-state index contributed by atoms with van der Waals surface area (Å²) in [7, 11) is -4.29. The van der Waals surface area contributed by atoms with Crippen LogP contribution in [-0.4, -0.2) is 68.3 Å². The molecule has 0 saturated heterocycles. The van der Waals surface area contributed by atoms with E-state index in [9.17, 15) is 13.2 Å². The van der Waals surface area contributed by atoms with Gasteiger partial charge in [0, 0.05) is 6.54 Å². The molecular weight excluding hydrogens is 198 g/mol. The van der Waals surface area contributed by atoms with E-state index >= 15 is 0 Å². The van der Waals surface area contributed by atoms with Crippen LogP contribution in [0.15, 0.2) is 0 Å². The zero-order valence-electron chi connectivity index (χ0n) is 5.44. The van der Waals surface area contributed by atoms with E-state index in [4.69, 9.17) is 10.3 Å². The molecule has 0 aromatic carbocycles. The second-order valence-electron chi connectivity index (χ2n) is 1.85. The summed E-state index contributed by atoms with van der Waals surface area (Å²) in [6, 6.07) is 0. The van der Waals surface area contributed by atoms with E-state index in [1.165, 1.54) is 0 Å². The number of hydrogen-bond acceptors (Lipinski definition) is 4. The minimum atomic E-state index is -4.29. The van der Waals surface area contributed by atoms with Gasteiger partial charge in [-0.3, -0.25) is 9.35 Å². The van der Waals surface area contributed by atoms with Crippen LogP contribution in [0.4, 0.5) is 0 Å². The summed E-state index contributed by atoms with van der Waals surface area (Å²) in [5, 5.41) is -1.47. The van der Waals surface area contributed by atoms with Crippen molar-refractivity contribution >= 4 is 53.6 Å². The maximum atomic E-state index is 10.4. The van der Waals surface area contributed by atoms with Crippen molar-refractivity contribution in [2.45, 2.75) is 12.2 Å². The van der Waals surface area contributed by atoms with E-state index in [0.717, 1.165) is 6.92 Å². The van der Waals surface area contributed by atoms with Gasteiger partial charge in [-0.05, 0) is 6.92 Å². The average Bonchev–Trinajstić information content (AvgIpc) is 1.60. The van der Waals surface area contributed by atoms with Gasteiger partial charge >= 0.3 is 37.7 Å². The van der Waals surface area contributed by atoms with E-state index in [1.807, 2.05) is 0 Å². The fraction of sp³-hybridized carbons (Fsp3) is 0.750. The van der Waals surface area contributed by atoms with Gasteiger partial charge in [-0.25, -0.2) is 0 Å². The molecule has 0 fully saturated rings. The van der Waals surface area contributed by atoms with Crippen LogP contribution >= 0.6 is 0 Å². The van der Waals surface area contributed by atoms with Gasteiger partial charge < -0.3 is 5.73 Å². The van der Waals surface area contributed by atoms with Crippen molar-refractivity contribution in [1.29, 1.82) is 0 Å². The zero-order valence-corrected chi connectivity index (χ0v) is 6.26. The van der Waals surface area contributed by atoms with Gasteiger partial charge in [-0.15, -0.1) is 0 Å². The summed E-state index contributed by atoms with van der Waals surface area (Å²) >= 11 is 0. The van der Waals surface area contributed by atoms with Gasteiger partial charge in [0.15, 0.2) is 11.0 Å². The van der Waals surface area contributed by atoms with Crippen molar-refractivity contribution in [1.82, 2.24) is 0 Å². The first-order chi connectivity index (χ1) is 4.39.